The van der Waals surface area contributed by atoms with Gasteiger partial charge in [0.05, 0.1) is 26.2 Å². The molecule has 0 saturated carbocycles. The van der Waals surface area contributed by atoms with Crippen LogP contribution in [0, 0.1) is 0 Å². The van der Waals surface area contributed by atoms with E-state index in [1.165, 1.54) is 0 Å². The lowest BCUT2D eigenvalue weighted by Crippen LogP contribution is -2.45. The van der Waals surface area contributed by atoms with Crippen molar-refractivity contribution in [2.45, 2.75) is 31.2 Å². The van der Waals surface area contributed by atoms with Gasteiger partial charge in [0.2, 0.25) is 11.8 Å². The first-order valence-corrected chi connectivity index (χ1v) is 7.84. The van der Waals surface area contributed by atoms with E-state index in [0.29, 0.717) is 37.4 Å². The molecule has 2 amide bonds. The number of amides is 2. The number of hydrogen-bond acceptors (Lipinski definition) is 4. The number of likely N-dealkylation sites (tertiary alicyclic amines) is 1. The van der Waals surface area contributed by atoms with Crippen LogP contribution in [0.1, 0.15) is 24.8 Å². The first-order valence-electron chi connectivity index (χ1n) is 7.84. The Morgan fingerprint density at radius 1 is 1.22 bits per heavy atom. The van der Waals surface area contributed by atoms with E-state index in [2.05, 4.69) is 5.32 Å². The van der Waals surface area contributed by atoms with Crippen LogP contribution in [0.25, 0.3) is 0 Å². The zero-order valence-corrected chi connectivity index (χ0v) is 13.6. The second-order valence-electron chi connectivity index (χ2n) is 6.29. The standard InChI is InChI=1S/C17H22N2O4/c1-22-13-7-12(8-14(10-13)23-2)9-16(21)19-6-5-17(11-19)4-3-15(20)18-17/h7-8,10H,3-6,9,11H2,1-2H3,(H,18,20). The molecule has 23 heavy (non-hydrogen) atoms. The number of nitrogens with one attached hydrogen (secondary N) is 1. The predicted octanol–water partition coefficient (Wildman–Crippen LogP) is 1.13. The van der Waals surface area contributed by atoms with Gasteiger partial charge in [0, 0.05) is 25.6 Å². The highest BCUT2D eigenvalue weighted by molar-refractivity contribution is 5.82. The highest BCUT2D eigenvalue weighted by Gasteiger charge is 2.44. The Balaban J connectivity index is 1.67. The van der Waals surface area contributed by atoms with Crippen LogP contribution in [-0.2, 0) is 16.0 Å². The third-order valence-electron chi connectivity index (χ3n) is 4.71. The molecule has 2 heterocycles. The predicted molar refractivity (Wildman–Crippen MR) is 84.6 cm³/mol. The Bertz CT molecular complexity index is 609. The third kappa shape index (κ3) is 3.25. The Labute approximate surface area is 135 Å². The molecule has 0 radical (unpaired) electrons. The molecule has 1 unspecified atom stereocenters. The van der Waals surface area contributed by atoms with Crippen molar-refractivity contribution in [2.24, 2.45) is 0 Å². The van der Waals surface area contributed by atoms with Crippen molar-refractivity contribution in [3.8, 4) is 11.5 Å². The Kier molecular flexibility index (Phi) is 4.15. The van der Waals surface area contributed by atoms with Crippen molar-refractivity contribution in [1.82, 2.24) is 10.2 Å². The van der Waals surface area contributed by atoms with Gasteiger partial charge in [-0.05, 0) is 30.5 Å². The van der Waals surface area contributed by atoms with Crippen molar-refractivity contribution < 1.29 is 19.1 Å². The van der Waals surface area contributed by atoms with E-state index in [0.717, 1.165) is 18.4 Å². The molecular weight excluding hydrogens is 296 g/mol. The molecule has 1 atom stereocenters. The molecule has 124 valence electrons. The summed E-state index contributed by atoms with van der Waals surface area (Å²) in [6.07, 6.45) is 2.53. The van der Waals surface area contributed by atoms with Crippen LogP contribution in [0.2, 0.25) is 0 Å². The minimum absolute atomic E-state index is 0.0679. The van der Waals surface area contributed by atoms with Crippen LogP contribution >= 0.6 is 0 Å². The second kappa shape index (κ2) is 6.10. The summed E-state index contributed by atoms with van der Waals surface area (Å²) < 4.78 is 10.5. The number of carbonyl (C=O) groups is 2. The molecule has 0 aliphatic carbocycles. The minimum atomic E-state index is -0.196. The van der Waals surface area contributed by atoms with Gasteiger partial charge in [0.1, 0.15) is 11.5 Å². The van der Waals surface area contributed by atoms with Gasteiger partial charge in [-0.2, -0.15) is 0 Å². The fourth-order valence-corrected chi connectivity index (χ4v) is 3.42. The molecule has 1 aromatic carbocycles. The van der Waals surface area contributed by atoms with E-state index in [4.69, 9.17) is 9.47 Å². The third-order valence-corrected chi connectivity index (χ3v) is 4.71. The summed E-state index contributed by atoms with van der Waals surface area (Å²) in [7, 11) is 3.18. The first kappa shape index (κ1) is 15.6. The normalized spacial score (nSPS) is 23.2. The maximum atomic E-state index is 12.6. The minimum Gasteiger partial charge on any atom is -0.497 e. The Hall–Kier alpha value is -2.24. The van der Waals surface area contributed by atoms with Crippen molar-refractivity contribution in [3.05, 3.63) is 23.8 Å². The van der Waals surface area contributed by atoms with Gasteiger partial charge in [0.25, 0.3) is 0 Å². The zero-order valence-electron chi connectivity index (χ0n) is 13.6. The molecule has 1 aromatic rings. The van der Waals surface area contributed by atoms with Crippen LogP contribution < -0.4 is 14.8 Å². The van der Waals surface area contributed by atoms with Gasteiger partial charge in [-0.15, -0.1) is 0 Å². The number of methoxy groups -OCH3 is 2. The molecule has 2 aliphatic rings. The highest BCUT2D eigenvalue weighted by Crippen LogP contribution is 2.31. The van der Waals surface area contributed by atoms with Crippen LogP contribution in [0.15, 0.2) is 18.2 Å². The molecule has 0 bridgehead atoms. The summed E-state index contributed by atoms with van der Waals surface area (Å²) in [4.78, 5) is 25.9. The van der Waals surface area contributed by atoms with E-state index in [-0.39, 0.29) is 17.4 Å². The van der Waals surface area contributed by atoms with Crippen LogP contribution in [0.4, 0.5) is 0 Å². The summed E-state index contributed by atoms with van der Waals surface area (Å²) in [6.45, 7) is 1.30. The molecule has 1 spiro atoms. The average Bonchev–Trinajstić information content (AvgIpc) is 3.13. The van der Waals surface area contributed by atoms with Gasteiger partial charge in [0.15, 0.2) is 0 Å². The van der Waals surface area contributed by atoms with E-state index in [9.17, 15) is 9.59 Å². The van der Waals surface area contributed by atoms with Crippen molar-refractivity contribution in [2.75, 3.05) is 27.3 Å². The number of carbonyl (C=O) groups excluding carboxylic acids is 2. The number of nitrogens with zero attached hydrogens (tertiary/aromatic N) is 1. The van der Waals surface area contributed by atoms with Gasteiger partial charge >= 0.3 is 0 Å². The average molecular weight is 318 g/mol. The van der Waals surface area contributed by atoms with Crippen molar-refractivity contribution >= 4 is 11.8 Å². The van der Waals surface area contributed by atoms with Crippen LogP contribution in [0.5, 0.6) is 11.5 Å². The Morgan fingerprint density at radius 2 is 1.91 bits per heavy atom. The van der Waals surface area contributed by atoms with E-state index in [1.807, 2.05) is 17.0 Å². The maximum absolute atomic E-state index is 12.6. The van der Waals surface area contributed by atoms with Gasteiger partial charge in [-0.3, -0.25) is 9.59 Å². The molecule has 0 aromatic heterocycles. The second-order valence-corrected chi connectivity index (χ2v) is 6.29. The quantitative estimate of drug-likeness (QED) is 0.903. The van der Waals surface area contributed by atoms with E-state index >= 15 is 0 Å². The molecule has 3 rings (SSSR count). The van der Waals surface area contributed by atoms with Crippen molar-refractivity contribution in [1.29, 1.82) is 0 Å². The first-order chi connectivity index (χ1) is 11.0. The molecule has 6 heteroatoms. The van der Waals surface area contributed by atoms with Crippen molar-refractivity contribution in [3.63, 3.8) is 0 Å². The number of rotatable bonds is 4. The lowest BCUT2D eigenvalue weighted by Gasteiger charge is -2.24. The number of benzene rings is 1. The summed E-state index contributed by atoms with van der Waals surface area (Å²) in [5, 5.41) is 3.04. The summed E-state index contributed by atoms with van der Waals surface area (Å²) in [5.41, 5.74) is 0.668. The van der Waals surface area contributed by atoms with E-state index in [1.54, 1.807) is 20.3 Å². The largest absolute Gasteiger partial charge is 0.497 e. The molecular formula is C17H22N2O4. The summed E-state index contributed by atoms with van der Waals surface area (Å²) in [6, 6.07) is 5.49. The molecule has 2 saturated heterocycles. The molecule has 1 N–H and O–H groups in total. The monoisotopic (exact) mass is 318 g/mol. The van der Waals surface area contributed by atoms with Gasteiger partial charge in [-0.25, -0.2) is 0 Å². The summed E-state index contributed by atoms with van der Waals surface area (Å²) in [5.74, 6) is 1.51. The number of ether oxygens (including phenoxy) is 2. The SMILES string of the molecule is COc1cc(CC(=O)N2CCC3(CCC(=O)N3)C2)cc(OC)c1. The lowest BCUT2D eigenvalue weighted by molar-refractivity contribution is -0.130. The maximum Gasteiger partial charge on any atom is 0.227 e. The fourth-order valence-electron chi connectivity index (χ4n) is 3.42. The fraction of sp³-hybridized carbons (Fsp3) is 0.529. The zero-order chi connectivity index (χ0) is 16.4. The van der Waals surface area contributed by atoms with Crippen LogP contribution in [0.3, 0.4) is 0 Å². The summed E-state index contributed by atoms with van der Waals surface area (Å²) >= 11 is 0. The van der Waals surface area contributed by atoms with Crippen LogP contribution in [-0.4, -0.2) is 49.6 Å². The molecule has 6 nitrogen and oxygen atoms in total. The Morgan fingerprint density at radius 3 is 2.48 bits per heavy atom. The number of hydrogen-bond donors (Lipinski definition) is 1. The highest BCUT2D eigenvalue weighted by atomic mass is 16.5. The smallest absolute Gasteiger partial charge is 0.227 e. The topological polar surface area (TPSA) is 67.9 Å². The van der Waals surface area contributed by atoms with E-state index < -0.39 is 0 Å². The molecule has 2 fully saturated rings. The van der Waals surface area contributed by atoms with Gasteiger partial charge < -0.3 is 19.7 Å². The lowest BCUT2D eigenvalue weighted by atomic mass is 9.97. The van der Waals surface area contributed by atoms with Gasteiger partial charge in [-0.1, -0.05) is 0 Å². The molecule has 2 aliphatic heterocycles.